The minimum absolute atomic E-state index is 0.0339. The fourth-order valence-electron chi connectivity index (χ4n) is 2.42. The number of para-hydroxylation sites is 2. The van der Waals surface area contributed by atoms with E-state index in [2.05, 4.69) is 4.98 Å². The molecule has 0 spiro atoms. The van der Waals surface area contributed by atoms with Gasteiger partial charge in [0.05, 0.1) is 16.9 Å². The van der Waals surface area contributed by atoms with Gasteiger partial charge in [0, 0.05) is 18.1 Å². The van der Waals surface area contributed by atoms with E-state index in [0.717, 1.165) is 17.4 Å². The first kappa shape index (κ1) is 14.3. The number of hydrogen-bond acceptors (Lipinski definition) is 4. The topological polar surface area (TPSA) is 68.8 Å². The van der Waals surface area contributed by atoms with E-state index in [1.165, 1.54) is 4.57 Å². The van der Waals surface area contributed by atoms with Crippen molar-refractivity contribution in [2.75, 3.05) is 11.9 Å². The number of rotatable bonds is 3. The molecule has 0 bridgehead atoms. The first-order valence-electron chi connectivity index (χ1n) is 6.68. The van der Waals surface area contributed by atoms with E-state index >= 15 is 0 Å². The number of anilines is 2. The van der Waals surface area contributed by atoms with E-state index in [9.17, 15) is 0 Å². The standard InChI is InChI=1S/C16H14ClN5/c1-21(11-6-3-2-4-7-11)15-12-8-5-9-13(17)14(12)22(10-18)16(19)20-15/h2-10,18-19H,1H3. The van der Waals surface area contributed by atoms with Crippen LogP contribution in [0.1, 0.15) is 0 Å². The van der Waals surface area contributed by atoms with Crippen molar-refractivity contribution in [1.29, 1.82) is 10.8 Å². The summed E-state index contributed by atoms with van der Waals surface area (Å²) in [5.74, 6) is 0.631. The smallest absolute Gasteiger partial charge is 0.229 e. The van der Waals surface area contributed by atoms with Gasteiger partial charge < -0.3 is 4.90 Å². The molecule has 2 aromatic carbocycles. The number of aromatic nitrogens is 2. The maximum absolute atomic E-state index is 8.06. The van der Waals surface area contributed by atoms with Gasteiger partial charge >= 0.3 is 0 Å². The molecule has 0 unspecified atom stereocenters. The minimum Gasteiger partial charge on any atom is -0.329 e. The molecule has 0 saturated carbocycles. The van der Waals surface area contributed by atoms with E-state index in [1.807, 2.05) is 54.4 Å². The summed E-state index contributed by atoms with van der Waals surface area (Å²) in [5.41, 5.74) is 1.54. The van der Waals surface area contributed by atoms with Gasteiger partial charge in [0.15, 0.2) is 0 Å². The van der Waals surface area contributed by atoms with Crippen molar-refractivity contribution in [2.24, 2.45) is 0 Å². The van der Waals surface area contributed by atoms with Crippen LogP contribution < -0.4 is 10.5 Å². The highest BCUT2D eigenvalue weighted by molar-refractivity contribution is 6.35. The molecule has 1 aromatic heterocycles. The zero-order valence-electron chi connectivity index (χ0n) is 11.9. The Morgan fingerprint density at radius 3 is 2.55 bits per heavy atom. The lowest BCUT2D eigenvalue weighted by molar-refractivity contribution is 0.915. The highest BCUT2D eigenvalue weighted by Crippen LogP contribution is 2.30. The van der Waals surface area contributed by atoms with Gasteiger partial charge in [-0.25, -0.2) is 0 Å². The Labute approximate surface area is 132 Å². The van der Waals surface area contributed by atoms with Crippen LogP contribution in [-0.4, -0.2) is 22.9 Å². The zero-order valence-corrected chi connectivity index (χ0v) is 12.7. The number of nitrogens with one attached hydrogen (secondary N) is 2. The van der Waals surface area contributed by atoms with Crippen LogP contribution in [0.25, 0.3) is 10.9 Å². The number of fused-ring (bicyclic) bond motifs is 1. The number of hydrogen-bond donors (Lipinski definition) is 2. The molecule has 0 saturated heterocycles. The third-order valence-corrected chi connectivity index (χ3v) is 3.80. The zero-order chi connectivity index (χ0) is 15.7. The van der Waals surface area contributed by atoms with Crippen molar-refractivity contribution in [3.05, 3.63) is 59.2 Å². The Kier molecular flexibility index (Phi) is 3.65. The third kappa shape index (κ3) is 2.25. The molecule has 0 atom stereocenters. The molecule has 3 rings (SSSR count). The van der Waals surface area contributed by atoms with Gasteiger partial charge in [0.2, 0.25) is 5.62 Å². The van der Waals surface area contributed by atoms with Crippen molar-refractivity contribution in [1.82, 2.24) is 9.55 Å². The summed E-state index contributed by atoms with van der Waals surface area (Å²) in [6, 6.07) is 15.3. The fraction of sp³-hybridized carbons (Fsp3) is 0.0625. The summed E-state index contributed by atoms with van der Waals surface area (Å²) in [7, 11) is 1.90. The Morgan fingerprint density at radius 1 is 1.14 bits per heavy atom. The Morgan fingerprint density at radius 2 is 1.86 bits per heavy atom. The molecule has 110 valence electrons. The van der Waals surface area contributed by atoms with Gasteiger partial charge in [0.25, 0.3) is 0 Å². The summed E-state index contributed by atoms with van der Waals surface area (Å²) < 4.78 is 1.36. The predicted molar refractivity (Wildman–Crippen MR) is 89.3 cm³/mol. The third-order valence-electron chi connectivity index (χ3n) is 3.50. The maximum Gasteiger partial charge on any atom is 0.229 e. The monoisotopic (exact) mass is 311 g/mol. The lowest BCUT2D eigenvalue weighted by Gasteiger charge is -2.21. The molecule has 0 radical (unpaired) electrons. The van der Waals surface area contributed by atoms with Crippen LogP contribution in [0, 0.1) is 10.8 Å². The van der Waals surface area contributed by atoms with E-state index in [0.29, 0.717) is 16.4 Å². The second-order valence-corrected chi connectivity index (χ2v) is 5.20. The van der Waals surface area contributed by atoms with Crippen LogP contribution in [0.2, 0.25) is 5.02 Å². The quantitative estimate of drug-likeness (QED) is 0.575. The average molecular weight is 312 g/mol. The first-order chi connectivity index (χ1) is 10.6. The number of benzene rings is 2. The second-order valence-electron chi connectivity index (χ2n) is 4.79. The van der Waals surface area contributed by atoms with Gasteiger partial charge in [-0.05, 0) is 24.3 Å². The number of halogens is 1. The SMILES string of the molecule is CN(c1ccccc1)c1nc(=N)n(C=N)c2c(Cl)cccc12. The fourth-order valence-corrected chi connectivity index (χ4v) is 2.68. The van der Waals surface area contributed by atoms with Gasteiger partial charge in [-0.1, -0.05) is 35.9 Å². The molecular formula is C16H14ClN5. The highest BCUT2D eigenvalue weighted by Gasteiger charge is 2.14. The maximum atomic E-state index is 8.06. The van der Waals surface area contributed by atoms with Crippen LogP contribution >= 0.6 is 11.6 Å². The van der Waals surface area contributed by atoms with Crippen LogP contribution in [0.5, 0.6) is 0 Å². The van der Waals surface area contributed by atoms with Crippen molar-refractivity contribution in [3.8, 4) is 0 Å². The molecule has 0 aliphatic rings. The van der Waals surface area contributed by atoms with Crippen LogP contribution in [0.4, 0.5) is 11.5 Å². The molecule has 6 heteroatoms. The summed E-state index contributed by atoms with van der Waals surface area (Å²) in [6.07, 6.45) is 1.05. The molecule has 22 heavy (non-hydrogen) atoms. The Bertz CT molecular complexity index is 902. The first-order valence-corrected chi connectivity index (χ1v) is 7.06. The van der Waals surface area contributed by atoms with Crippen molar-refractivity contribution in [2.45, 2.75) is 0 Å². The normalized spacial score (nSPS) is 10.6. The summed E-state index contributed by atoms with van der Waals surface area (Å²) in [6.45, 7) is 0. The molecule has 5 nitrogen and oxygen atoms in total. The summed E-state index contributed by atoms with van der Waals surface area (Å²) in [4.78, 5) is 6.24. The van der Waals surface area contributed by atoms with Gasteiger partial charge in [0.1, 0.15) is 5.82 Å². The molecule has 3 aromatic rings. The number of nitrogens with zero attached hydrogens (tertiary/aromatic N) is 3. The van der Waals surface area contributed by atoms with Crippen molar-refractivity contribution in [3.63, 3.8) is 0 Å². The van der Waals surface area contributed by atoms with Gasteiger partial charge in [-0.2, -0.15) is 4.98 Å². The van der Waals surface area contributed by atoms with E-state index in [4.69, 9.17) is 22.4 Å². The van der Waals surface area contributed by atoms with Gasteiger partial charge in [-0.3, -0.25) is 15.4 Å². The molecule has 1 heterocycles. The molecule has 0 aliphatic heterocycles. The minimum atomic E-state index is -0.0339. The Balaban J connectivity index is 2.34. The predicted octanol–water partition coefficient (Wildman–Crippen LogP) is 3.39. The Hall–Kier alpha value is -2.66. The van der Waals surface area contributed by atoms with Crippen molar-refractivity contribution < 1.29 is 0 Å². The van der Waals surface area contributed by atoms with E-state index < -0.39 is 0 Å². The molecule has 0 amide bonds. The molecule has 2 N–H and O–H groups in total. The van der Waals surface area contributed by atoms with Crippen molar-refractivity contribution >= 4 is 40.3 Å². The van der Waals surface area contributed by atoms with Gasteiger partial charge in [-0.15, -0.1) is 0 Å². The van der Waals surface area contributed by atoms with E-state index in [-0.39, 0.29) is 5.62 Å². The molecular weight excluding hydrogens is 298 g/mol. The van der Waals surface area contributed by atoms with Crippen LogP contribution in [0.3, 0.4) is 0 Å². The lowest BCUT2D eigenvalue weighted by atomic mass is 10.2. The lowest BCUT2D eigenvalue weighted by Crippen LogP contribution is -2.26. The molecule has 0 aliphatic carbocycles. The summed E-state index contributed by atoms with van der Waals surface area (Å²) >= 11 is 6.28. The highest BCUT2D eigenvalue weighted by atomic mass is 35.5. The average Bonchev–Trinajstić information content (AvgIpc) is 2.55. The second kappa shape index (κ2) is 5.61. The van der Waals surface area contributed by atoms with Crippen LogP contribution in [0.15, 0.2) is 48.5 Å². The summed E-state index contributed by atoms with van der Waals surface area (Å²) in [5, 5.41) is 16.8. The largest absolute Gasteiger partial charge is 0.329 e. The van der Waals surface area contributed by atoms with E-state index in [1.54, 1.807) is 6.07 Å². The van der Waals surface area contributed by atoms with Crippen LogP contribution in [-0.2, 0) is 0 Å². The molecule has 0 fully saturated rings.